The number of methoxy groups -OCH3 is 1. The third kappa shape index (κ3) is 3.45. The lowest BCUT2D eigenvalue weighted by molar-refractivity contribution is -0.143. The molecule has 0 fully saturated rings. The maximum absolute atomic E-state index is 11.5. The molecule has 5 nitrogen and oxygen atoms in total. The molecule has 0 saturated carbocycles. The molecule has 0 saturated heterocycles. The van der Waals surface area contributed by atoms with E-state index < -0.39 is 0 Å². The fraction of sp³-hybridized carbons (Fsp3) is 0.333. The number of likely N-dealkylation sites (N-methyl/N-ethyl adjacent to an activating group) is 1. The van der Waals surface area contributed by atoms with E-state index in [0.29, 0.717) is 13.0 Å². The van der Waals surface area contributed by atoms with Crippen LogP contribution in [0.3, 0.4) is 0 Å². The summed E-state index contributed by atoms with van der Waals surface area (Å²) in [6, 6.07) is 9.78. The van der Waals surface area contributed by atoms with Crippen LogP contribution in [0.15, 0.2) is 42.7 Å². The largest absolute Gasteiger partial charge is 0.468 e. The van der Waals surface area contributed by atoms with Crippen LogP contribution in [0.4, 0.5) is 0 Å². The minimum Gasteiger partial charge on any atom is -0.468 e. The van der Waals surface area contributed by atoms with Crippen molar-refractivity contribution in [2.45, 2.75) is 19.0 Å². The maximum Gasteiger partial charge on any atom is 0.322 e. The average molecular weight is 273 g/mol. The molecule has 2 rings (SSSR count). The maximum atomic E-state index is 11.5. The van der Waals surface area contributed by atoms with E-state index in [1.807, 2.05) is 47.4 Å². The number of hydrogen-bond donors (Lipinski definition) is 1. The quantitative estimate of drug-likeness (QED) is 0.814. The highest BCUT2D eigenvalue weighted by molar-refractivity contribution is 5.75. The Balaban J connectivity index is 1.98. The Morgan fingerprint density at radius 1 is 1.35 bits per heavy atom. The van der Waals surface area contributed by atoms with Crippen molar-refractivity contribution in [3.63, 3.8) is 0 Å². The van der Waals surface area contributed by atoms with Crippen molar-refractivity contribution in [1.29, 1.82) is 0 Å². The summed E-state index contributed by atoms with van der Waals surface area (Å²) in [6.07, 6.45) is 4.46. The molecule has 1 unspecified atom stereocenters. The lowest BCUT2D eigenvalue weighted by atomic mass is 10.1. The van der Waals surface area contributed by atoms with E-state index in [2.05, 4.69) is 10.4 Å². The first-order valence-corrected chi connectivity index (χ1v) is 6.57. The molecular formula is C15H19N3O2. The van der Waals surface area contributed by atoms with Gasteiger partial charge in [0.2, 0.25) is 0 Å². The molecule has 0 aliphatic rings. The smallest absolute Gasteiger partial charge is 0.322 e. The van der Waals surface area contributed by atoms with Crippen molar-refractivity contribution in [3.05, 3.63) is 42.7 Å². The summed E-state index contributed by atoms with van der Waals surface area (Å²) in [5.74, 6) is -0.247. The second-order valence-corrected chi connectivity index (χ2v) is 4.51. The molecule has 1 atom stereocenters. The third-order valence-electron chi connectivity index (χ3n) is 3.22. The summed E-state index contributed by atoms with van der Waals surface area (Å²) >= 11 is 0. The van der Waals surface area contributed by atoms with Gasteiger partial charge in [-0.05, 0) is 19.0 Å². The number of esters is 1. The highest BCUT2D eigenvalue weighted by Crippen LogP contribution is 2.17. The van der Waals surface area contributed by atoms with Gasteiger partial charge in [-0.1, -0.05) is 30.3 Å². The van der Waals surface area contributed by atoms with Gasteiger partial charge in [-0.2, -0.15) is 5.10 Å². The highest BCUT2D eigenvalue weighted by atomic mass is 16.5. The Labute approximate surface area is 118 Å². The fourth-order valence-electron chi connectivity index (χ4n) is 2.05. The normalized spacial score (nSPS) is 12.1. The van der Waals surface area contributed by atoms with Gasteiger partial charge >= 0.3 is 5.97 Å². The van der Waals surface area contributed by atoms with E-state index in [0.717, 1.165) is 11.1 Å². The Morgan fingerprint density at radius 2 is 2.10 bits per heavy atom. The molecule has 2 aromatic rings. The summed E-state index contributed by atoms with van der Waals surface area (Å²) in [4.78, 5) is 11.5. The average Bonchev–Trinajstić information content (AvgIpc) is 2.97. The van der Waals surface area contributed by atoms with Crippen LogP contribution in [-0.4, -0.2) is 35.9 Å². The lowest BCUT2D eigenvalue weighted by Crippen LogP contribution is -2.35. The van der Waals surface area contributed by atoms with Gasteiger partial charge in [0.05, 0.1) is 13.3 Å². The summed E-state index contributed by atoms with van der Waals surface area (Å²) in [6.45, 7) is 0.660. The van der Waals surface area contributed by atoms with E-state index in [-0.39, 0.29) is 12.0 Å². The SMILES string of the molecule is CNC(CCn1cc(-c2ccccc2)cn1)C(=O)OC. The Morgan fingerprint density at radius 3 is 2.75 bits per heavy atom. The van der Waals surface area contributed by atoms with Crippen molar-refractivity contribution >= 4 is 5.97 Å². The first-order chi connectivity index (χ1) is 9.74. The van der Waals surface area contributed by atoms with Gasteiger partial charge in [0.15, 0.2) is 0 Å². The van der Waals surface area contributed by atoms with E-state index in [1.165, 1.54) is 7.11 Å². The lowest BCUT2D eigenvalue weighted by Gasteiger charge is -2.13. The van der Waals surface area contributed by atoms with Crippen LogP contribution in [-0.2, 0) is 16.1 Å². The number of benzene rings is 1. The highest BCUT2D eigenvalue weighted by Gasteiger charge is 2.16. The Hall–Kier alpha value is -2.14. The molecule has 1 heterocycles. The second-order valence-electron chi connectivity index (χ2n) is 4.51. The number of aryl methyl sites for hydroxylation is 1. The zero-order valence-corrected chi connectivity index (χ0v) is 11.7. The second kappa shape index (κ2) is 6.86. The molecule has 1 aromatic heterocycles. The van der Waals surface area contributed by atoms with Crippen LogP contribution < -0.4 is 5.32 Å². The zero-order chi connectivity index (χ0) is 14.4. The van der Waals surface area contributed by atoms with Crippen LogP contribution in [0, 0.1) is 0 Å². The van der Waals surface area contributed by atoms with Crippen molar-refractivity contribution in [2.24, 2.45) is 0 Å². The summed E-state index contributed by atoms with van der Waals surface area (Å²) in [5, 5.41) is 7.27. The van der Waals surface area contributed by atoms with E-state index >= 15 is 0 Å². The number of carbonyl (C=O) groups excluding carboxylic acids is 1. The van der Waals surface area contributed by atoms with E-state index in [4.69, 9.17) is 4.74 Å². The van der Waals surface area contributed by atoms with Crippen molar-refractivity contribution in [1.82, 2.24) is 15.1 Å². The molecule has 0 bridgehead atoms. The van der Waals surface area contributed by atoms with Gasteiger partial charge in [0.1, 0.15) is 6.04 Å². The first kappa shape index (κ1) is 14.3. The van der Waals surface area contributed by atoms with Gasteiger partial charge in [0.25, 0.3) is 0 Å². The minimum atomic E-state index is -0.302. The minimum absolute atomic E-state index is 0.247. The van der Waals surface area contributed by atoms with Gasteiger partial charge in [0, 0.05) is 18.3 Å². The van der Waals surface area contributed by atoms with Crippen LogP contribution >= 0.6 is 0 Å². The molecular weight excluding hydrogens is 254 g/mol. The van der Waals surface area contributed by atoms with Crippen molar-refractivity contribution < 1.29 is 9.53 Å². The number of nitrogens with one attached hydrogen (secondary N) is 1. The molecule has 0 amide bonds. The van der Waals surface area contributed by atoms with Gasteiger partial charge in [-0.3, -0.25) is 9.48 Å². The molecule has 5 heteroatoms. The molecule has 0 aliphatic carbocycles. The van der Waals surface area contributed by atoms with Gasteiger partial charge in [-0.25, -0.2) is 0 Å². The standard InChI is InChI=1S/C15H19N3O2/c1-16-14(15(19)20-2)8-9-18-11-13(10-17-18)12-6-4-3-5-7-12/h3-7,10-11,14,16H,8-9H2,1-2H3. The van der Waals surface area contributed by atoms with Gasteiger partial charge in [-0.15, -0.1) is 0 Å². The third-order valence-corrected chi connectivity index (χ3v) is 3.22. The predicted molar refractivity (Wildman–Crippen MR) is 77.1 cm³/mol. The van der Waals surface area contributed by atoms with Crippen LogP contribution in [0.25, 0.3) is 11.1 Å². The summed E-state index contributed by atoms with van der Waals surface area (Å²) < 4.78 is 6.58. The monoisotopic (exact) mass is 273 g/mol. The van der Waals surface area contributed by atoms with E-state index in [9.17, 15) is 4.79 Å². The molecule has 1 aromatic carbocycles. The number of rotatable bonds is 6. The molecule has 0 spiro atoms. The van der Waals surface area contributed by atoms with Gasteiger partial charge < -0.3 is 10.1 Å². The topological polar surface area (TPSA) is 56.2 Å². The molecule has 106 valence electrons. The Bertz CT molecular complexity index is 551. The molecule has 1 N–H and O–H groups in total. The molecule has 20 heavy (non-hydrogen) atoms. The van der Waals surface area contributed by atoms with E-state index in [1.54, 1.807) is 7.05 Å². The first-order valence-electron chi connectivity index (χ1n) is 6.57. The number of ether oxygens (including phenoxy) is 1. The number of nitrogens with zero attached hydrogens (tertiary/aromatic N) is 2. The van der Waals surface area contributed by atoms with Crippen LogP contribution in [0.2, 0.25) is 0 Å². The Kier molecular flexibility index (Phi) is 4.90. The molecule has 0 radical (unpaired) electrons. The van der Waals surface area contributed by atoms with Crippen molar-refractivity contribution in [3.8, 4) is 11.1 Å². The fourth-order valence-corrected chi connectivity index (χ4v) is 2.05. The van der Waals surface area contributed by atoms with Crippen LogP contribution in [0.1, 0.15) is 6.42 Å². The number of aromatic nitrogens is 2. The van der Waals surface area contributed by atoms with Crippen LogP contribution in [0.5, 0.6) is 0 Å². The summed E-state index contributed by atoms with van der Waals surface area (Å²) in [5.41, 5.74) is 2.21. The zero-order valence-electron chi connectivity index (χ0n) is 11.7. The van der Waals surface area contributed by atoms with Crippen molar-refractivity contribution in [2.75, 3.05) is 14.2 Å². The number of hydrogen-bond acceptors (Lipinski definition) is 4. The molecule has 0 aliphatic heterocycles. The predicted octanol–water partition coefficient (Wildman–Crippen LogP) is 1.70. The summed E-state index contributed by atoms with van der Waals surface area (Å²) in [7, 11) is 3.15. The number of carbonyl (C=O) groups is 1.